The lowest BCUT2D eigenvalue weighted by molar-refractivity contribution is -0.189. The molecule has 0 radical (unpaired) electrons. The molecule has 0 bridgehead atoms. The number of ether oxygens (including phenoxy) is 1. The molecule has 1 atom stereocenters. The Kier molecular flexibility index (Phi) is 5.47. The van der Waals surface area contributed by atoms with Gasteiger partial charge in [0.1, 0.15) is 17.4 Å². The average molecular weight is 410 g/mol. The summed E-state index contributed by atoms with van der Waals surface area (Å²) in [4.78, 5) is 18.3. The molecule has 0 N–H and O–H groups in total. The predicted molar refractivity (Wildman–Crippen MR) is 95.2 cm³/mol. The van der Waals surface area contributed by atoms with Crippen LogP contribution in [0.4, 0.5) is 13.2 Å². The van der Waals surface area contributed by atoms with E-state index in [0.29, 0.717) is 13.1 Å². The molecule has 0 saturated carbocycles. The number of alkyl halides is 3. The Morgan fingerprint density at radius 1 is 1.32 bits per heavy atom. The number of carbonyl (C=O) groups excluding carboxylic acids is 1. The van der Waals surface area contributed by atoms with Crippen LogP contribution < -0.4 is 4.74 Å². The highest BCUT2D eigenvalue weighted by atomic mass is 35.5. The fourth-order valence-electron chi connectivity index (χ4n) is 2.85. The number of pyridine rings is 1. The number of rotatable bonds is 4. The van der Waals surface area contributed by atoms with Gasteiger partial charge in [0, 0.05) is 31.4 Å². The standard InChI is InChI=1S/C19H15ClF3N3O2/c1-11(19(21,22)23)28-15-3-2-13(8-24)17(20)16(15)18(27)26-9-14(10-26)12-4-6-25-7-5-12/h2-7,11,14H,9-10H2,1H3. The Hall–Kier alpha value is -2.79. The number of nitriles is 1. The maximum absolute atomic E-state index is 12.9. The number of nitrogens with zero attached hydrogens (tertiary/aromatic N) is 3. The largest absolute Gasteiger partial charge is 0.480 e. The zero-order chi connectivity index (χ0) is 20.5. The molecule has 0 aliphatic carbocycles. The number of likely N-dealkylation sites (tertiary alicyclic amines) is 1. The van der Waals surface area contributed by atoms with E-state index in [9.17, 15) is 18.0 Å². The van der Waals surface area contributed by atoms with E-state index in [-0.39, 0.29) is 27.8 Å². The highest BCUT2D eigenvalue weighted by Crippen LogP contribution is 2.36. The van der Waals surface area contributed by atoms with Gasteiger partial charge in [0.05, 0.1) is 10.6 Å². The molecule has 1 aromatic heterocycles. The van der Waals surface area contributed by atoms with E-state index in [1.807, 2.05) is 18.2 Å². The molecule has 0 spiro atoms. The normalized spacial score (nSPS) is 15.5. The van der Waals surface area contributed by atoms with E-state index in [1.165, 1.54) is 17.0 Å². The van der Waals surface area contributed by atoms with Gasteiger partial charge in [0.2, 0.25) is 0 Å². The highest BCUT2D eigenvalue weighted by molar-refractivity contribution is 6.35. The minimum absolute atomic E-state index is 0.0109. The van der Waals surface area contributed by atoms with Crippen LogP contribution in [-0.4, -0.2) is 41.2 Å². The van der Waals surface area contributed by atoms with E-state index in [1.54, 1.807) is 12.4 Å². The van der Waals surface area contributed by atoms with Crippen LogP contribution in [0.5, 0.6) is 5.75 Å². The lowest BCUT2D eigenvalue weighted by Crippen LogP contribution is -2.48. The molecule has 1 amide bonds. The monoisotopic (exact) mass is 409 g/mol. The first kappa shape index (κ1) is 20.0. The van der Waals surface area contributed by atoms with Gasteiger partial charge in [-0.2, -0.15) is 18.4 Å². The van der Waals surface area contributed by atoms with Crippen LogP contribution in [0, 0.1) is 11.3 Å². The van der Waals surface area contributed by atoms with Crippen molar-refractivity contribution in [1.29, 1.82) is 5.26 Å². The summed E-state index contributed by atoms with van der Waals surface area (Å²) in [5.41, 5.74) is 0.770. The van der Waals surface area contributed by atoms with Crippen LogP contribution in [0.3, 0.4) is 0 Å². The molecule has 9 heteroatoms. The fourth-order valence-corrected chi connectivity index (χ4v) is 3.13. The summed E-state index contributed by atoms with van der Waals surface area (Å²) in [7, 11) is 0. The molecule has 2 heterocycles. The third-order valence-corrected chi connectivity index (χ3v) is 4.94. The lowest BCUT2D eigenvalue weighted by atomic mass is 9.91. The number of carbonyl (C=O) groups is 1. The summed E-state index contributed by atoms with van der Waals surface area (Å²) in [6.45, 7) is 1.60. The Morgan fingerprint density at radius 2 is 1.96 bits per heavy atom. The summed E-state index contributed by atoms with van der Waals surface area (Å²) in [5.74, 6) is -0.772. The molecular weight excluding hydrogens is 395 g/mol. The van der Waals surface area contributed by atoms with Crippen molar-refractivity contribution in [3.8, 4) is 11.8 Å². The Balaban J connectivity index is 1.85. The van der Waals surface area contributed by atoms with Gasteiger partial charge >= 0.3 is 6.18 Å². The molecule has 1 fully saturated rings. The van der Waals surface area contributed by atoms with Gasteiger partial charge < -0.3 is 9.64 Å². The second kappa shape index (κ2) is 7.68. The van der Waals surface area contributed by atoms with Gasteiger partial charge in [-0.25, -0.2) is 0 Å². The zero-order valence-electron chi connectivity index (χ0n) is 14.7. The molecule has 1 aliphatic rings. The summed E-state index contributed by atoms with van der Waals surface area (Å²) in [6, 6.07) is 7.90. The second-order valence-corrected chi connectivity index (χ2v) is 6.78. The quantitative estimate of drug-likeness (QED) is 0.760. The van der Waals surface area contributed by atoms with Crippen molar-refractivity contribution in [3.05, 3.63) is 58.4 Å². The van der Waals surface area contributed by atoms with Crippen LogP contribution >= 0.6 is 11.6 Å². The molecule has 1 saturated heterocycles. The van der Waals surface area contributed by atoms with Crippen LogP contribution in [0.2, 0.25) is 5.02 Å². The smallest absolute Gasteiger partial charge is 0.425 e. The molecule has 5 nitrogen and oxygen atoms in total. The molecule has 28 heavy (non-hydrogen) atoms. The van der Waals surface area contributed by atoms with E-state index in [0.717, 1.165) is 12.5 Å². The SMILES string of the molecule is CC(Oc1ccc(C#N)c(Cl)c1C(=O)N1CC(c2ccncc2)C1)C(F)(F)F. The van der Waals surface area contributed by atoms with Crippen molar-refractivity contribution in [2.24, 2.45) is 0 Å². The molecule has 146 valence electrons. The molecule has 1 aromatic carbocycles. The van der Waals surface area contributed by atoms with Gasteiger partial charge in [-0.05, 0) is 36.8 Å². The number of hydrogen-bond acceptors (Lipinski definition) is 4. The topological polar surface area (TPSA) is 66.2 Å². The van der Waals surface area contributed by atoms with Crippen molar-refractivity contribution in [3.63, 3.8) is 0 Å². The summed E-state index contributed by atoms with van der Waals surface area (Å²) in [6.07, 6.45) is -3.44. The van der Waals surface area contributed by atoms with Gasteiger partial charge in [-0.15, -0.1) is 0 Å². The Morgan fingerprint density at radius 3 is 2.54 bits per heavy atom. The minimum Gasteiger partial charge on any atom is -0.480 e. The first-order valence-corrected chi connectivity index (χ1v) is 8.75. The first-order chi connectivity index (χ1) is 13.2. The maximum Gasteiger partial charge on any atom is 0.425 e. The van der Waals surface area contributed by atoms with Gasteiger partial charge in [0.15, 0.2) is 6.10 Å². The average Bonchev–Trinajstić information content (AvgIpc) is 2.60. The number of aromatic nitrogens is 1. The molecular formula is C19H15ClF3N3O2. The van der Waals surface area contributed by atoms with Crippen molar-refractivity contribution in [2.75, 3.05) is 13.1 Å². The van der Waals surface area contributed by atoms with Gasteiger partial charge in [-0.3, -0.25) is 9.78 Å². The minimum atomic E-state index is -4.61. The molecule has 1 aliphatic heterocycles. The summed E-state index contributed by atoms with van der Waals surface area (Å²) < 4.78 is 43.6. The van der Waals surface area contributed by atoms with Gasteiger partial charge in [-0.1, -0.05) is 11.6 Å². The fraction of sp³-hybridized carbons (Fsp3) is 0.316. The lowest BCUT2D eigenvalue weighted by Gasteiger charge is -2.40. The van der Waals surface area contributed by atoms with Crippen LogP contribution in [-0.2, 0) is 0 Å². The van der Waals surface area contributed by atoms with E-state index in [4.69, 9.17) is 21.6 Å². The molecule has 2 aromatic rings. The third kappa shape index (κ3) is 3.90. The van der Waals surface area contributed by atoms with Crippen molar-refractivity contribution < 1.29 is 22.7 Å². The predicted octanol–water partition coefficient (Wildman–Crippen LogP) is 4.18. The van der Waals surface area contributed by atoms with Gasteiger partial charge in [0.25, 0.3) is 5.91 Å². The van der Waals surface area contributed by atoms with Crippen LogP contribution in [0.25, 0.3) is 0 Å². The number of amides is 1. The van der Waals surface area contributed by atoms with E-state index >= 15 is 0 Å². The van der Waals surface area contributed by atoms with Crippen molar-refractivity contribution in [1.82, 2.24) is 9.88 Å². The number of hydrogen-bond donors (Lipinski definition) is 0. The van der Waals surface area contributed by atoms with Crippen molar-refractivity contribution in [2.45, 2.75) is 25.1 Å². The summed E-state index contributed by atoms with van der Waals surface area (Å²) >= 11 is 6.15. The Bertz CT molecular complexity index is 923. The molecule has 3 rings (SSSR count). The third-order valence-electron chi connectivity index (χ3n) is 4.55. The van der Waals surface area contributed by atoms with Crippen LogP contribution in [0.1, 0.15) is 34.3 Å². The second-order valence-electron chi connectivity index (χ2n) is 6.40. The first-order valence-electron chi connectivity index (χ1n) is 8.37. The van der Waals surface area contributed by atoms with Crippen LogP contribution in [0.15, 0.2) is 36.7 Å². The zero-order valence-corrected chi connectivity index (χ0v) is 15.5. The van der Waals surface area contributed by atoms with E-state index in [2.05, 4.69) is 4.98 Å². The van der Waals surface area contributed by atoms with Crippen molar-refractivity contribution >= 4 is 17.5 Å². The summed E-state index contributed by atoms with van der Waals surface area (Å²) in [5, 5.41) is 8.93. The van der Waals surface area contributed by atoms with E-state index < -0.39 is 18.2 Å². The highest BCUT2D eigenvalue weighted by Gasteiger charge is 2.40. The number of benzene rings is 1. The molecule has 1 unspecified atom stereocenters. The maximum atomic E-state index is 12.9. The number of halogens is 4. The Labute approximate surface area is 164 Å².